The number of esters is 2. The quantitative estimate of drug-likeness (QED) is 0.0898. The smallest absolute Gasteiger partial charge is 0.343 e. The summed E-state index contributed by atoms with van der Waals surface area (Å²) in [6.07, 6.45) is 17.4. The van der Waals surface area contributed by atoms with E-state index in [-0.39, 0.29) is 17.5 Å². The molecule has 8 atom stereocenters. The summed E-state index contributed by atoms with van der Waals surface area (Å²) in [4.78, 5) is 25.3. The van der Waals surface area contributed by atoms with Crippen LogP contribution in [0.3, 0.4) is 0 Å². The van der Waals surface area contributed by atoms with E-state index in [0.29, 0.717) is 47.5 Å². The zero-order valence-electron chi connectivity index (χ0n) is 31.6. The van der Waals surface area contributed by atoms with Crippen LogP contribution in [0, 0.1) is 57.7 Å². The first-order valence-electron chi connectivity index (χ1n) is 19.8. The SMILES string of the molecule is CC(C)CCC[C@@H](C)[C@H]1CC[C@H]2[C@@H]3CC=C4C[C@@H](OC(=O)CCCOc5ccc(OC(=O)c6ccc(C#N)cc6)cc5)CC[C@]4(C)[C@H]3CC[C@]12C. The number of nitrogens with zero attached hydrogens (tertiary/aromatic N) is 1. The largest absolute Gasteiger partial charge is 0.494 e. The average molecular weight is 694 g/mol. The number of fused-ring (bicyclic) bond motifs is 5. The molecule has 0 aliphatic heterocycles. The molecule has 4 aliphatic carbocycles. The van der Waals surface area contributed by atoms with E-state index in [4.69, 9.17) is 19.5 Å². The number of hydrogen-bond acceptors (Lipinski definition) is 6. The molecule has 0 aromatic heterocycles. The van der Waals surface area contributed by atoms with Gasteiger partial charge in [-0.25, -0.2) is 4.79 Å². The highest BCUT2D eigenvalue weighted by molar-refractivity contribution is 5.91. The van der Waals surface area contributed by atoms with E-state index in [1.165, 1.54) is 51.4 Å². The summed E-state index contributed by atoms with van der Waals surface area (Å²) in [6.45, 7) is 12.9. The molecule has 274 valence electrons. The van der Waals surface area contributed by atoms with E-state index in [9.17, 15) is 9.59 Å². The number of hydrogen-bond donors (Lipinski definition) is 0. The summed E-state index contributed by atoms with van der Waals surface area (Å²) >= 11 is 0. The Morgan fingerprint density at radius 3 is 2.35 bits per heavy atom. The normalized spacial score (nSPS) is 30.2. The van der Waals surface area contributed by atoms with Crippen LogP contribution in [0.15, 0.2) is 60.2 Å². The Hall–Kier alpha value is -3.59. The molecule has 0 N–H and O–H groups in total. The maximum absolute atomic E-state index is 12.9. The summed E-state index contributed by atoms with van der Waals surface area (Å²) in [6, 6.07) is 15.2. The second kappa shape index (κ2) is 16.0. The van der Waals surface area contributed by atoms with E-state index < -0.39 is 5.97 Å². The highest BCUT2D eigenvalue weighted by Gasteiger charge is 2.59. The predicted molar refractivity (Wildman–Crippen MR) is 200 cm³/mol. The first-order valence-corrected chi connectivity index (χ1v) is 19.8. The van der Waals surface area contributed by atoms with Crippen molar-refractivity contribution in [3.63, 3.8) is 0 Å². The van der Waals surface area contributed by atoms with Gasteiger partial charge in [-0.15, -0.1) is 0 Å². The zero-order chi connectivity index (χ0) is 36.2. The Kier molecular flexibility index (Phi) is 11.6. The number of carbonyl (C=O) groups excluding carboxylic acids is 2. The Morgan fingerprint density at radius 1 is 0.882 bits per heavy atom. The maximum atomic E-state index is 12.9. The van der Waals surface area contributed by atoms with Gasteiger partial charge < -0.3 is 14.2 Å². The van der Waals surface area contributed by atoms with Crippen LogP contribution < -0.4 is 9.47 Å². The van der Waals surface area contributed by atoms with Crippen molar-refractivity contribution >= 4 is 11.9 Å². The first-order chi connectivity index (χ1) is 24.5. The van der Waals surface area contributed by atoms with Crippen molar-refractivity contribution in [2.45, 2.75) is 124 Å². The van der Waals surface area contributed by atoms with Crippen molar-refractivity contribution < 1.29 is 23.8 Å². The number of ether oxygens (including phenoxy) is 3. The lowest BCUT2D eigenvalue weighted by Crippen LogP contribution is -2.51. The summed E-state index contributed by atoms with van der Waals surface area (Å²) < 4.78 is 17.3. The number of carbonyl (C=O) groups is 2. The van der Waals surface area contributed by atoms with E-state index in [1.54, 1.807) is 54.1 Å². The minimum atomic E-state index is -0.491. The van der Waals surface area contributed by atoms with E-state index in [1.807, 2.05) is 6.07 Å². The van der Waals surface area contributed by atoms with Gasteiger partial charge in [0.15, 0.2) is 0 Å². The van der Waals surface area contributed by atoms with Crippen LogP contribution in [-0.4, -0.2) is 24.6 Å². The molecular weight excluding hydrogens is 634 g/mol. The molecule has 6 nitrogen and oxygen atoms in total. The summed E-state index contributed by atoms with van der Waals surface area (Å²) in [5, 5.41) is 8.93. The second-order valence-electron chi connectivity index (χ2n) is 17.1. The fourth-order valence-corrected chi connectivity index (χ4v) is 10.9. The lowest BCUT2D eigenvalue weighted by atomic mass is 9.47. The van der Waals surface area contributed by atoms with Gasteiger partial charge >= 0.3 is 11.9 Å². The zero-order valence-corrected chi connectivity index (χ0v) is 31.6. The summed E-state index contributed by atoms with van der Waals surface area (Å²) in [5.41, 5.74) is 3.17. The Bertz CT molecular complexity index is 1590. The fraction of sp³-hybridized carbons (Fsp3) is 0.622. The number of benzene rings is 2. The van der Waals surface area contributed by atoms with E-state index in [2.05, 4.69) is 40.7 Å². The van der Waals surface area contributed by atoms with Crippen LogP contribution in [0.5, 0.6) is 11.5 Å². The van der Waals surface area contributed by atoms with E-state index >= 15 is 0 Å². The van der Waals surface area contributed by atoms with Gasteiger partial charge in [0, 0.05) is 12.8 Å². The second-order valence-corrected chi connectivity index (χ2v) is 17.1. The molecule has 51 heavy (non-hydrogen) atoms. The minimum absolute atomic E-state index is 0.0229. The summed E-state index contributed by atoms with van der Waals surface area (Å²) in [7, 11) is 0. The lowest BCUT2D eigenvalue weighted by Gasteiger charge is -2.58. The third kappa shape index (κ3) is 8.24. The lowest BCUT2D eigenvalue weighted by molar-refractivity contribution is -0.151. The molecule has 2 aromatic rings. The molecule has 4 aliphatic rings. The van der Waals surface area contributed by atoms with Crippen molar-refractivity contribution in [1.29, 1.82) is 5.26 Å². The van der Waals surface area contributed by atoms with Crippen LogP contribution in [0.2, 0.25) is 0 Å². The van der Waals surface area contributed by atoms with Crippen LogP contribution in [0.4, 0.5) is 0 Å². The molecule has 6 heteroatoms. The topological polar surface area (TPSA) is 85.6 Å². The summed E-state index contributed by atoms with van der Waals surface area (Å²) in [5.74, 6) is 5.38. The molecule has 6 rings (SSSR count). The molecular formula is C45H59NO5. The Labute approximate surface area is 306 Å². The number of nitriles is 1. The fourth-order valence-electron chi connectivity index (χ4n) is 10.9. The molecule has 0 spiro atoms. The number of allylic oxidation sites excluding steroid dienone is 1. The first kappa shape index (κ1) is 37.2. The molecule has 0 unspecified atom stereocenters. The van der Waals surface area contributed by atoms with Crippen LogP contribution in [-0.2, 0) is 9.53 Å². The number of rotatable bonds is 13. The Morgan fingerprint density at radius 2 is 1.63 bits per heavy atom. The molecule has 3 saturated carbocycles. The van der Waals surface area contributed by atoms with Gasteiger partial charge in [-0.3, -0.25) is 4.79 Å². The molecule has 0 bridgehead atoms. The third-order valence-corrected chi connectivity index (χ3v) is 13.6. The predicted octanol–water partition coefficient (Wildman–Crippen LogP) is 10.9. The van der Waals surface area contributed by atoms with Crippen molar-refractivity contribution in [1.82, 2.24) is 0 Å². The van der Waals surface area contributed by atoms with Gasteiger partial charge in [0.25, 0.3) is 0 Å². The van der Waals surface area contributed by atoms with Crippen molar-refractivity contribution in [3.8, 4) is 17.6 Å². The van der Waals surface area contributed by atoms with E-state index in [0.717, 1.165) is 54.8 Å². The van der Waals surface area contributed by atoms with Crippen LogP contribution >= 0.6 is 0 Å². The van der Waals surface area contributed by atoms with Gasteiger partial charge in [-0.05, 0) is 146 Å². The maximum Gasteiger partial charge on any atom is 0.343 e. The molecule has 3 fully saturated rings. The van der Waals surface area contributed by atoms with Gasteiger partial charge in [0.1, 0.15) is 17.6 Å². The Balaban J connectivity index is 0.933. The van der Waals surface area contributed by atoms with Gasteiger partial charge in [0.2, 0.25) is 0 Å². The highest BCUT2D eigenvalue weighted by atomic mass is 16.5. The standard InChI is InChI=1S/C45H59NO5/c1-30(2)8-6-9-31(3)39-21-22-40-38-20-15-34-28-37(23-25-44(34,4)41(38)24-26-45(39,40)5)50-42(47)10-7-27-49-35-16-18-36(19-17-35)51-43(48)33-13-11-32(29-46)12-14-33/h11-19,30-31,37-41H,6-10,20-28H2,1-5H3/t31-,37+,38+,39-,40+,41+,44+,45-/m1/s1. The van der Waals surface area contributed by atoms with Crippen molar-refractivity contribution in [3.05, 3.63) is 71.3 Å². The molecule has 0 heterocycles. The average Bonchev–Trinajstić information content (AvgIpc) is 3.48. The van der Waals surface area contributed by atoms with Crippen LogP contribution in [0.25, 0.3) is 0 Å². The van der Waals surface area contributed by atoms with Gasteiger partial charge in [-0.1, -0.05) is 65.5 Å². The minimum Gasteiger partial charge on any atom is -0.494 e. The van der Waals surface area contributed by atoms with Crippen LogP contribution in [0.1, 0.15) is 134 Å². The molecule has 0 amide bonds. The van der Waals surface area contributed by atoms with Gasteiger partial charge in [0.05, 0.1) is 23.8 Å². The highest BCUT2D eigenvalue weighted by Crippen LogP contribution is 2.67. The molecule has 0 saturated heterocycles. The van der Waals surface area contributed by atoms with Crippen molar-refractivity contribution in [2.75, 3.05) is 6.61 Å². The monoisotopic (exact) mass is 693 g/mol. The third-order valence-electron chi connectivity index (χ3n) is 13.6. The molecule has 2 aromatic carbocycles. The van der Waals surface area contributed by atoms with Gasteiger partial charge in [-0.2, -0.15) is 5.26 Å². The van der Waals surface area contributed by atoms with Crippen molar-refractivity contribution in [2.24, 2.45) is 46.3 Å². The molecule has 0 radical (unpaired) electrons.